The summed E-state index contributed by atoms with van der Waals surface area (Å²) < 4.78 is 29.1. The maximum absolute atomic E-state index is 13.7. The molecule has 1 aliphatic rings. The van der Waals surface area contributed by atoms with Crippen molar-refractivity contribution >= 4 is 12.2 Å². The van der Waals surface area contributed by atoms with Crippen LogP contribution in [0.5, 0.6) is 0 Å². The lowest BCUT2D eigenvalue weighted by atomic mass is 10.2. The fourth-order valence-electron chi connectivity index (χ4n) is 1.84. The minimum absolute atomic E-state index is 0.143. The molecule has 0 radical (unpaired) electrons. The van der Waals surface area contributed by atoms with Gasteiger partial charge < -0.3 is 0 Å². The van der Waals surface area contributed by atoms with E-state index in [-0.39, 0.29) is 11.6 Å². The number of aromatic nitrogens is 3. The van der Waals surface area contributed by atoms with Crippen molar-refractivity contribution < 1.29 is 8.78 Å². The topological polar surface area (TPSA) is 33.6 Å². The Labute approximate surface area is 101 Å². The van der Waals surface area contributed by atoms with Gasteiger partial charge in [0.2, 0.25) is 0 Å². The molecule has 2 aromatic rings. The Morgan fingerprint density at radius 2 is 2.12 bits per heavy atom. The molecule has 6 heteroatoms. The molecule has 1 saturated carbocycles. The number of H-pyrrole nitrogens is 1. The molecule has 0 unspecified atom stereocenters. The van der Waals surface area contributed by atoms with Gasteiger partial charge in [-0.1, -0.05) is 6.07 Å². The van der Waals surface area contributed by atoms with E-state index in [1.165, 1.54) is 12.1 Å². The summed E-state index contributed by atoms with van der Waals surface area (Å²) >= 11 is 5.09. The van der Waals surface area contributed by atoms with Crippen molar-refractivity contribution in [3.05, 3.63) is 34.6 Å². The van der Waals surface area contributed by atoms with Crippen molar-refractivity contribution in [1.29, 1.82) is 0 Å². The van der Waals surface area contributed by atoms with Crippen molar-refractivity contribution in [1.82, 2.24) is 14.8 Å². The molecule has 1 aromatic heterocycles. The SMILES string of the molecule is Fc1cccc(-c2n[nH]c(=S)n2C2CC2)c1F. The molecule has 1 heterocycles. The lowest BCUT2D eigenvalue weighted by Gasteiger charge is -2.06. The van der Waals surface area contributed by atoms with Crippen LogP contribution in [-0.4, -0.2) is 14.8 Å². The van der Waals surface area contributed by atoms with Gasteiger partial charge in [0.15, 0.2) is 22.2 Å². The van der Waals surface area contributed by atoms with Gasteiger partial charge in [-0.2, -0.15) is 5.10 Å². The molecule has 0 atom stereocenters. The summed E-state index contributed by atoms with van der Waals surface area (Å²) in [4.78, 5) is 0. The Hall–Kier alpha value is -1.56. The molecule has 17 heavy (non-hydrogen) atoms. The zero-order chi connectivity index (χ0) is 12.0. The van der Waals surface area contributed by atoms with Crippen LogP contribution in [0.15, 0.2) is 18.2 Å². The third kappa shape index (κ3) is 1.68. The molecule has 1 aromatic carbocycles. The van der Waals surface area contributed by atoms with Gasteiger partial charge in [0, 0.05) is 6.04 Å². The molecule has 0 aliphatic heterocycles. The van der Waals surface area contributed by atoms with Crippen LogP contribution in [-0.2, 0) is 0 Å². The molecule has 88 valence electrons. The number of rotatable bonds is 2. The van der Waals surface area contributed by atoms with Gasteiger partial charge in [-0.05, 0) is 37.2 Å². The summed E-state index contributed by atoms with van der Waals surface area (Å²) in [7, 11) is 0. The second-order valence-electron chi connectivity index (χ2n) is 4.05. The van der Waals surface area contributed by atoms with Gasteiger partial charge in [0.25, 0.3) is 0 Å². The maximum atomic E-state index is 13.7. The van der Waals surface area contributed by atoms with E-state index >= 15 is 0 Å². The first-order chi connectivity index (χ1) is 8.18. The molecule has 1 aliphatic carbocycles. The van der Waals surface area contributed by atoms with Gasteiger partial charge in [0.1, 0.15) is 0 Å². The standard InChI is InChI=1S/C11H9F2N3S/c12-8-3-1-2-7(9(8)13)10-14-15-11(17)16(10)6-4-5-6/h1-3,6H,4-5H2,(H,15,17). The highest BCUT2D eigenvalue weighted by Gasteiger charge is 2.28. The van der Waals surface area contributed by atoms with E-state index in [2.05, 4.69) is 10.2 Å². The van der Waals surface area contributed by atoms with Crippen LogP contribution in [0.4, 0.5) is 8.78 Å². The summed E-state index contributed by atoms with van der Waals surface area (Å²) in [6.45, 7) is 0. The van der Waals surface area contributed by atoms with Gasteiger partial charge in [-0.15, -0.1) is 0 Å². The van der Waals surface area contributed by atoms with Gasteiger partial charge in [0.05, 0.1) is 5.56 Å². The summed E-state index contributed by atoms with van der Waals surface area (Å²) in [6, 6.07) is 4.31. The normalized spacial score (nSPS) is 15.2. The molecule has 0 spiro atoms. The highest BCUT2D eigenvalue weighted by Crippen LogP contribution is 2.38. The van der Waals surface area contributed by atoms with Crippen LogP contribution in [0.3, 0.4) is 0 Å². The van der Waals surface area contributed by atoms with E-state index in [1.807, 2.05) is 0 Å². The number of halogens is 2. The smallest absolute Gasteiger partial charge is 0.195 e. The van der Waals surface area contributed by atoms with E-state index in [1.54, 1.807) is 4.57 Å². The molecule has 1 fully saturated rings. The zero-order valence-electron chi connectivity index (χ0n) is 8.78. The van der Waals surface area contributed by atoms with Gasteiger partial charge >= 0.3 is 0 Å². The van der Waals surface area contributed by atoms with Crippen LogP contribution < -0.4 is 0 Å². The third-order valence-corrected chi connectivity index (χ3v) is 3.10. The predicted molar refractivity (Wildman–Crippen MR) is 61.0 cm³/mol. The van der Waals surface area contributed by atoms with Crippen molar-refractivity contribution in [3.8, 4) is 11.4 Å². The average Bonchev–Trinajstić information content (AvgIpc) is 3.07. The highest BCUT2D eigenvalue weighted by molar-refractivity contribution is 7.71. The summed E-state index contributed by atoms with van der Waals surface area (Å²) in [5.41, 5.74) is 0.143. The fraction of sp³-hybridized carbons (Fsp3) is 0.273. The summed E-state index contributed by atoms with van der Waals surface area (Å²) in [6.07, 6.45) is 2.00. The first-order valence-corrected chi connectivity index (χ1v) is 5.70. The van der Waals surface area contributed by atoms with Crippen molar-refractivity contribution in [2.45, 2.75) is 18.9 Å². The molecule has 1 N–H and O–H groups in total. The first kappa shape index (κ1) is 10.6. The second kappa shape index (κ2) is 3.73. The van der Waals surface area contributed by atoms with Crippen LogP contribution in [0.25, 0.3) is 11.4 Å². The second-order valence-corrected chi connectivity index (χ2v) is 4.44. The van der Waals surface area contributed by atoms with E-state index in [9.17, 15) is 8.78 Å². The van der Waals surface area contributed by atoms with E-state index in [4.69, 9.17) is 12.2 Å². The average molecular weight is 253 g/mol. The monoisotopic (exact) mass is 253 g/mol. The maximum Gasteiger partial charge on any atom is 0.195 e. The zero-order valence-corrected chi connectivity index (χ0v) is 9.60. The van der Waals surface area contributed by atoms with Crippen molar-refractivity contribution in [3.63, 3.8) is 0 Å². The summed E-state index contributed by atoms with van der Waals surface area (Å²) in [5.74, 6) is -1.39. The minimum atomic E-state index is -0.886. The molecule has 3 rings (SSSR count). The Kier molecular flexibility index (Phi) is 2.32. The van der Waals surface area contributed by atoms with Crippen LogP contribution >= 0.6 is 12.2 Å². The Bertz CT molecular complexity index is 628. The number of benzene rings is 1. The van der Waals surface area contributed by atoms with Gasteiger partial charge in [-0.3, -0.25) is 9.67 Å². The Balaban J connectivity index is 2.21. The molecule has 0 amide bonds. The number of nitrogens with one attached hydrogen (secondary N) is 1. The first-order valence-electron chi connectivity index (χ1n) is 5.30. The van der Waals surface area contributed by atoms with E-state index in [0.29, 0.717) is 10.6 Å². The Morgan fingerprint density at radius 1 is 1.35 bits per heavy atom. The number of nitrogens with zero attached hydrogens (tertiary/aromatic N) is 2. The highest BCUT2D eigenvalue weighted by atomic mass is 32.1. The molecule has 0 bridgehead atoms. The van der Waals surface area contributed by atoms with Crippen molar-refractivity contribution in [2.75, 3.05) is 0 Å². The Morgan fingerprint density at radius 3 is 2.82 bits per heavy atom. The van der Waals surface area contributed by atoms with E-state index < -0.39 is 11.6 Å². The minimum Gasteiger partial charge on any atom is -0.297 e. The lowest BCUT2D eigenvalue weighted by Crippen LogP contribution is -2.00. The fourth-order valence-corrected chi connectivity index (χ4v) is 2.12. The largest absolute Gasteiger partial charge is 0.297 e. The lowest BCUT2D eigenvalue weighted by molar-refractivity contribution is 0.509. The predicted octanol–water partition coefficient (Wildman–Crippen LogP) is 3.22. The van der Waals surface area contributed by atoms with Gasteiger partial charge in [-0.25, -0.2) is 8.78 Å². The van der Waals surface area contributed by atoms with Crippen LogP contribution in [0.2, 0.25) is 0 Å². The number of aromatic amines is 1. The molecular weight excluding hydrogens is 244 g/mol. The number of hydrogen-bond acceptors (Lipinski definition) is 2. The molecular formula is C11H9F2N3S. The number of hydrogen-bond donors (Lipinski definition) is 1. The van der Waals surface area contributed by atoms with Crippen molar-refractivity contribution in [2.24, 2.45) is 0 Å². The summed E-state index contributed by atoms with van der Waals surface area (Å²) in [5, 5.41) is 6.62. The van der Waals surface area contributed by atoms with E-state index in [0.717, 1.165) is 18.9 Å². The third-order valence-electron chi connectivity index (χ3n) is 2.81. The van der Waals surface area contributed by atoms with Crippen LogP contribution in [0.1, 0.15) is 18.9 Å². The molecule has 0 saturated heterocycles. The molecule has 3 nitrogen and oxygen atoms in total. The van der Waals surface area contributed by atoms with Crippen LogP contribution in [0, 0.1) is 16.4 Å². The quantitative estimate of drug-likeness (QED) is 0.834.